The van der Waals surface area contributed by atoms with Gasteiger partial charge in [0.2, 0.25) is 0 Å². The molecule has 1 saturated carbocycles. The highest BCUT2D eigenvalue weighted by Gasteiger charge is 2.45. The number of alkyl halides is 3. The normalized spacial score (nSPS) is 22.0. The van der Waals surface area contributed by atoms with Gasteiger partial charge in [-0.15, -0.1) is 0 Å². The van der Waals surface area contributed by atoms with Crippen molar-refractivity contribution in [3.05, 3.63) is 93.3 Å². The van der Waals surface area contributed by atoms with Crippen LogP contribution in [-0.2, 0) is 11.0 Å². The Hall–Kier alpha value is -3.29. The molecule has 1 atom stereocenters. The summed E-state index contributed by atoms with van der Waals surface area (Å²) < 4.78 is 67.9. The van der Waals surface area contributed by atoms with E-state index in [0.29, 0.717) is 23.4 Å². The summed E-state index contributed by atoms with van der Waals surface area (Å²) in [5.41, 5.74) is 0.937. The van der Waals surface area contributed by atoms with Gasteiger partial charge in [-0.1, -0.05) is 44.9 Å². The summed E-state index contributed by atoms with van der Waals surface area (Å²) in [5.74, 6) is -3.87. The number of benzene rings is 2. The largest absolute Gasteiger partial charge is 0.416 e. The second-order valence-corrected chi connectivity index (χ2v) is 11.3. The Bertz CT molecular complexity index is 1360. The summed E-state index contributed by atoms with van der Waals surface area (Å²) in [5, 5.41) is 3.42. The lowest BCUT2D eigenvalue weighted by molar-refractivity contribution is -0.137. The number of halogens is 5. The van der Waals surface area contributed by atoms with Crippen LogP contribution in [0.25, 0.3) is 0 Å². The molecule has 2 aromatic rings. The van der Waals surface area contributed by atoms with Crippen LogP contribution >= 0.6 is 0 Å². The molecule has 0 aromatic heterocycles. The first-order chi connectivity index (χ1) is 17.9. The fourth-order valence-electron chi connectivity index (χ4n) is 6.09. The highest BCUT2D eigenvalue weighted by molar-refractivity contribution is 6.13. The van der Waals surface area contributed by atoms with E-state index < -0.39 is 35.1 Å². The molecule has 1 N–H and O–H groups in total. The van der Waals surface area contributed by atoms with Crippen LogP contribution in [0.1, 0.15) is 79.8 Å². The molecule has 0 radical (unpaired) electrons. The fourth-order valence-corrected chi connectivity index (χ4v) is 6.09. The van der Waals surface area contributed by atoms with Crippen molar-refractivity contribution >= 4 is 11.6 Å². The van der Waals surface area contributed by atoms with Gasteiger partial charge in [-0.2, -0.15) is 13.2 Å². The number of rotatable bonds is 4. The van der Waals surface area contributed by atoms with E-state index in [9.17, 15) is 31.5 Å². The van der Waals surface area contributed by atoms with Crippen LogP contribution in [0.4, 0.5) is 22.0 Å². The lowest BCUT2D eigenvalue weighted by Gasteiger charge is -2.41. The lowest BCUT2D eigenvalue weighted by Crippen LogP contribution is -2.40. The maximum absolute atomic E-state index is 14.5. The first kappa shape index (κ1) is 26.3. The van der Waals surface area contributed by atoms with E-state index in [2.05, 4.69) is 5.32 Å². The Balaban J connectivity index is 1.72. The van der Waals surface area contributed by atoms with Gasteiger partial charge in [0.15, 0.2) is 23.2 Å². The van der Waals surface area contributed by atoms with Gasteiger partial charge in [0, 0.05) is 40.4 Å². The summed E-state index contributed by atoms with van der Waals surface area (Å²) in [6, 6.07) is 7.31. The van der Waals surface area contributed by atoms with Gasteiger partial charge in [-0.3, -0.25) is 9.59 Å². The SMILES string of the molecule is CC1(C)CC(=O)C2=C(C1)NC(C1CCCC1)=C(C(=O)c1ccc(C(F)(F)F)cc1)C2c1ccc(F)c(F)c1. The number of carbonyl (C=O) groups excluding carboxylic acids is 2. The van der Waals surface area contributed by atoms with Crippen molar-refractivity contribution in [3.63, 3.8) is 0 Å². The van der Waals surface area contributed by atoms with Crippen molar-refractivity contribution in [2.75, 3.05) is 0 Å². The zero-order valence-electron chi connectivity index (χ0n) is 21.1. The topological polar surface area (TPSA) is 46.2 Å². The summed E-state index contributed by atoms with van der Waals surface area (Å²) >= 11 is 0. The monoisotopic (exact) mass is 529 g/mol. The number of hydrogen-bond acceptors (Lipinski definition) is 3. The first-order valence-corrected chi connectivity index (χ1v) is 12.8. The first-order valence-electron chi connectivity index (χ1n) is 12.8. The average Bonchev–Trinajstić information content (AvgIpc) is 3.38. The Morgan fingerprint density at radius 2 is 1.61 bits per heavy atom. The zero-order chi connectivity index (χ0) is 27.4. The quantitative estimate of drug-likeness (QED) is 0.327. The van der Waals surface area contributed by atoms with Gasteiger partial charge in [-0.25, -0.2) is 8.78 Å². The minimum atomic E-state index is -4.56. The van der Waals surface area contributed by atoms with Crippen LogP contribution in [-0.4, -0.2) is 11.6 Å². The molecule has 0 bridgehead atoms. The molecule has 38 heavy (non-hydrogen) atoms. The molecule has 0 amide bonds. The number of ketones is 2. The molecule has 0 spiro atoms. The molecule has 2 aliphatic carbocycles. The van der Waals surface area contributed by atoms with Gasteiger partial charge >= 0.3 is 6.18 Å². The van der Waals surface area contributed by atoms with E-state index >= 15 is 0 Å². The molecule has 3 aliphatic rings. The van der Waals surface area contributed by atoms with E-state index in [1.54, 1.807) is 0 Å². The number of Topliss-reactive ketones (excluding diaryl/α,β-unsaturated/α-hetero) is 2. The Labute approximate surface area is 217 Å². The molecular formula is C30H28F5NO2. The lowest BCUT2D eigenvalue weighted by atomic mass is 9.67. The molecule has 1 heterocycles. The average molecular weight is 530 g/mol. The second-order valence-electron chi connectivity index (χ2n) is 11.3. The number of carbonyl (C=O) groups is 2. The van der Waals surface area contributed by atoms with Crippen molar-refractivity contribution in [2.45, 2.75) is 64.5 Å². The van der Waals surface area contributed by atoms with E-state index in [1.807, 2.05) is 13.8 Å². The summed E-state index contributed by atoms with van der Waals surface area (Å²) in [6.45, 7) is 3.95. The van der Waals surface area contributed by atoms with Crippen molar-refractivity contribution in [1.82, 2.24) is 5.32 Å². The van der Waals surface area contributed by atoms with Gasteiger partial charge in [0.05, 0.1) is 5.56 Å². The summed E-state index contributed by atoms with van der Waals surface area (Å²) in [6.07, 6.45) is -0.307. The molecule has 1 aliphatic heterocycles. The van der Waals surface area contributed by atoms with Crippen LogP contribution in [0, 0.1) is 23.0 Å². The number of dihydropyridines is 1. The minimum absolute atomic E-state index is 0.0228. The maximum Gasteiger partial charge on any atom is 0.416 e. The van der Waals surface area contributed by atoms with E-state index in [4.69, 9.17) is 0 Å². The van der Waals surface area contributed by atoms with E-state index in [-0.39, 0.29) is 40.2 Å². The highest BCUT2D eigenvalue weighted by atomic mass is 19.4. The van der Waals surface area contributed by atoms with Gasteiger partial charge in [0.1, 0.15) is 0 Å². The molecule has 0 saturated heterocycles. The molecule has 1 fully saturated rings. The Morgan fingerprint density at radius 3 is 2.21 bits per heavy atom. The predicted octanol–water partition coefficient (Wildman–Crippen LogP) is 7.64. The van der Waals surface area contributed by atoms with Crippen LogP contribution in [0.5, 0.6) is 0 Å². The summed E-state index contributed by atoms with van der Waals surface area (Å²) in [7, 11) is 0. The molecule has 8 heteroatoms. The standard InChI is InChI=1S/C30H28F5NO2/c1-29(2)14-22-25(23(37)15-29)24(18-9-12-20(31)21(32)13-18)26(27(36-22)16-5-3-4-6-16)28(38)17-7-10-19(11-8-17)30(33,34)35/h7-13,16,24,36H,3-6,14-15H2,1-2H3. The third-order valence-electron chi connectivity index (χ3n) is 7.83. The molecular weight excluding hydrogens is 501 g/mol. The van der Waals surface area contributed by atoms with Gasteiger partial charge < -0.3 is 5.32 Å². The van der Waals surface area contributed by atoms with Crippen LogP contribution in [0.3, 0.4) is 0 Å². The minimum Gasteiger partial charge on any atom is -0.361 e. The molecule has 1 unspecified atom stereocenters. The molecule has 3 nitrogen and oxygen atoms in total. The zero-order valence-corrected chi connectivity index (χ0v) is 21.1. The third kappa shape index (κ3) is 4.81. The van der Waals surface area contributed by atoms with Crippen LogP contribution in [0.2, 0.25) is 0 Å². The third-order valence-corrected chi connectivity index (χ3v) is 7.83. The number of hydrogen-bond donors (Lipinski definition) is 1. The smallest absolute Gasteiger partial charge is 0.361 e. The summed E-state index contributed by atoms with van der Waals surface area (Å²) in [4.78, 5) is 27.6. The second kappa shape index (κ2) is 9.47. The molecule has 5 rings (SSSR count). The molecule has 200 valence electrons. The maximum atomic E-state index is 14.5. The Morgan fingerprint density at radius 1 is 0.947 bits per heavy atom. The van der Waals surface area contributed by atoms with Gasteiger partial charge in [0.25, 0.3) is 0 Å². The van der Waals surface area contributed by atoms with Crippen molar-refractivity contribution in [1.29, 1.82) is 0 Å². The van der Waals surface area contributed by atoms with Crippen molar-refractivity contribution < 1.29 is 31.5 Å². The highest BCUT2D eigenvalue weighted by Crippen LogP contribution is 2.50. The van der Waals surface area contributed by atoms with Crippen LogP contribution < -0.4 is 5.32 Å². The van der Waals surface area contributed by atoms with E-state index in [1.165, 1.54) is 6.07 Å². The van der Waals surface area contributed by atoms with E-state index in [0.717, 1.165) is 62.1 Å². The van der Waals surface area contributed by atoms with Gasteiger partial charge in [-0.05, 0) is 60.4 Å². The Kier molecular flexibility index (Phi) is 6.56. The number of nitrogens with one attached hydrogen (secondary N) is 1. The predicted molar refractivity (Wildman–Crippen MR) is 132 cm³/mol. The molecule has 2 aromatic carbocycles. The van der Waals surface area contributed by atoms with Crippen molar-refractivity contribution in [3.8, 4) is 0 Å². The van der Waals surface area contributed by atoms with Crippen molar-refractivity contribution in [2.24, 2.45) is 11.3 Å². The fraction of sp³-hybridized carbons (Fsp3) is 0.400. The number of allylic oxidation sites excluding steroid dienone is 4. The van der Waals surface area contributed by atoms with Crippen LogP contribution in [0.15, 0.2) is 65.0 Å².